The number of aliphatic imine (C=N–C) groups is 1. The highest BCUT2D eigenvalue weighted by Crippen LogP contribution is 2.43. The van der Waals surface area contributed by atoms with E-state index in [-0.39, 0.29) is 11.5 Å². The summed E-state index contributed by atoms with van der Waals surface area (Å²) in [5, 5.41) is 3.23. The van der Waals surface area contributed by atoms with Crippen LogP contribution in [-0.4, -0.2) is 38.6 Å². The fourth-order valence-corrected chi connectivity index (χ4v) is 4.31. The summed E-state index contributed by atoms with van der Waals surface area (Å²) in [6.07, 6.45) is 8.52. The molecule has 1 unspecified atom stereocenters. The fraction of sp³-hybridized carbons (Fsp3) is 0.650. The van der Waals surface area contributed by atoms with E-state index >= 15 is 0 Å². The summed E-state index contributed by atoms with van der Waals surface area (Å²) in [6, 6.07) is 6.33. The van der Waals surface area contributed by atoms with Crippen molar-refractivity contribution in [2.75, 3.05) is 26.5 Å². The van der Waals surface area contributed by atoms with Gasteiger partial charge < -0.3 is 25.3 Å². The second-order valence-corrected chi connectivity index (χ2v) is 7.63. The van der Waals surface area contributed by atoms with Crippen molar-refractivity contribution in [1.82, 2.24) is 5.32 Å². The summed E-state index contributed by atoms with van der Waals surface area (Å²) in [5.74, 6) is 2.20. The molecule has 1 aliphatic carbocycles. The molecule has 1 saturated carbocycles. The summed E-state index contributed by atoms with van der Waals surface area (Å²) in [6.45, 7) is 2.62. The minimum atomic E-state index is 0.0371. The lowest BCUT2D eigenvalue weighted by atomic mass is 9.69. The first-order chi connectivity index (χ1) is 12.8. The van der Waals surface area contributed by atoms with E-state index in [1.165, 1.54) is 24.8 Å². The molecule has 0 radical (unpaired) electrons. The van der Waals surface area contributed by atoms with Crippen LogP contribution in [0, 0.1) is 0 Å². The van der Waals surface area contributed by atoms with Crippen LogP contribution in [0.25, 0.3) is 0 Å². The summed E-state index contributed by atoms with van der Waals surface area (Å²) < 4.78 is 16.7. The normalized spacial score (nSPS) is 24.6. The first kappa shape index (κ1) is 17.5. The second-order valence-electron chi connectivity index (χ2n) is 7.63. The average molecular weight is 359 g/mol. The van der Waals surface area contributed by atoms with Crippen molar-refractivity contribution >= 4 is 5.96 Å². The molecule has 2 fully saturated rings. The molecule has 1 saturated heterocycles. The molecule has 0 bridgehead atoms. The van der Waals surface area contributed by atoms with Gasteiger partial charge in [-0.15, -0.1) is 0 Å². The van der Waals surface area contributed by atoms with Gasteiger partial charge in [0.1, 0.15) is 0 Å². The second kappa shape index (κ2) is 7.74. The predicted octanol–water partition coefficient (Wildman–Crippen LogP) is 2.70. The summed E-state index contributed by atoms with van der Waals surface area (Å²) >= 11 is 0. The maximum atomic E-state index is 6.13. The molecule has 0 aromatic heterocycles. The van der Waals surface area contributed by atoms with Crippen molar-refractivity contribution in [2.45, 2.75) is 56.5 Å². The van der Waals surface area contributed by atoms with E-state index in [1.54, 1.807) is 0 Å². The van der Waals surface area contributed by atoms with Gasteiger partial charge in [0.25, 0.3) is 0 Å². The molecule has 2 heterocycles. The van der Waals surface area contributed by atoms with E-state index in [1.807, 2.05) is 6.07 Å². The van der Waals surface area contributed by atoms with Crippen LogP contribution in [0.4, 0.5) is 0 Å². The highest BCUT2D eigenvalue weighted by molar-refractivity contribution is 5.77. The minimum absolute atomic E-state index is 0.0371. The molecule has 3 aliphatic rings. The SMILES string of the molecule is NC(=NCC1(c2ccc3c(c2)OCO3)CCCCC1)NCC1CCCO1. The third kappa shape index (κ3) is 3.75. The van der Waals surface area contributed by atoms with Crippen LogP contribution in [-0.2, 0) is 10.2 Å². The summed E-state index contributed by atoms with van der Waals surface area (Å²) in [4.78, 5) is 4.71. The zero-order valence-electron chi connectivity index (χ0n) is 15.3. The largest absolute Gasteiger partial charge is 0.454 e. The smallest absolute Gasteiger partial charge is 0.231 e. The lowest BCUT2D eigenvalue weighted by Gasteiger charge is -2.36. The van der Waals surface area contributed by atoms with Gasteiger partial charge in [0.05, 0.1) is 12.6 Å². The number of benzene rings is 1. The van der Waals surface area contributed by atoms with Crippen LogP contribution < -0.4 is 20.5 Å². The average Bonchev–Trinajstić information content (AvgIpc) is 3.36. The maximum Gasteiger partial charge on any atom is 0.231 e. The van der Waals surface area contributed by atoms with E-state index < -0.39 is 0 Å². The molecular weight excluding hydrogens is 330 g/mol. The standard InChI is InChI=1S/C20H29N3O3/c21-19(22-12-16-5-4-10-24-16)23-13-20(8-2-1-3-9-20)15-6-7-17-18(11-15)26-14-25-17/h6-7,11,16H,1-5,8-10,12-14H2,(H3,21,22,23). The van der Waals surface area contributed by atoms with Gasteiger partial charge in [-0.3, -0.25) is 4.99 Å². The van der Waals surface area contributed by atoms with Crippen LogP contribution in [0.1, 0.15) is 50.5 Å². The molecule has 0 amide bonds. The lowest BCUT2D eigenvalue weighted by molar-refractivity contribution is 0.114. The van der Waals surface area contributed by atoms with Crippen molar-refractivity contribution in [3.63, 3.8) is 0 Å². The quantitative estimate of drug-likeness (QED) is 0.624. The van der Waals surface area contributed by atoms with Crippen LogP contribution in [0.5, 0.6) is 11.5 Å². The van der Waals surface area contributed by atoms with Crippen molar-refractivity contribution in [3.05, 3.63) is 23.8 Å². The highest BCUT2D eigenvalue weighted by atomic mass is 16.7. The number of hydrogen-bond donors (Lipinski definition) is 2. The Labute approximate surface area is 155 Å². The van der Waals surface area contributed by atoms with Crippen molar-refractivity contribution in [2.24, 2.45) is 10.7 Å². The molecule has 2 aliphatic heterocycles. The van der Waals surface area contributed by atoms with Crippen LogP contribution in [0.3, 0.4) is 0 Å². The van der Waals surface area contributed by atoms with E-state index in [2.05, 4.69) is 17.4 Å². The van der Waals surface area contributed by atoms with Crippen molar-refractivity contribution in [1.29, 1.82) is 0 Å². The van der Waals surface area contributed by atoms with Crippen LogP contribution >= 0.6 is 0 Å². The number of guanidine groups is 1. The lowest BCUT2D eigenvalue weighted by Crippen LogP contribution is -2.39. The third-order valence-corrected chi connectivity index (χ3v) is 5.88. The number of ether oxygens (including phenoxy) is 3. The zero-order valence-corrected chi connectivity index (χ0v) is 15.3. The van der Waals surface area contributed by atoms with E-state index in [4.69, 9.17) is 24.9 Å². The Kier molecular flexibility index (Phi) is 5.20. The topological polar surface area (TPSA) is 78.1 Å². The minimum Gasteiger partial charge on any atom is -0.454 e. The Morgan fingerprint density at radius 3 is 2.81 bits per heavy atom. The number of rotatable bonds is 5. The van der Waals surface area contributed by atoms with Gasteiger partial charge in [-0.25, -0.2) is 0 Å². The molecule has 4 rings (SSSR count). The Hall–Kier alpha value is -1.95. The molecule has 142 valence electrons. The van der Waals surface area contributed by atoms with Gasteiger partial charge in [0.15, 0.2) is 17.5 Å². The van der Waals surface area contributed by atoms with Crippen molar-refractivity contribution < 1.29 is 14.2 Å². The van der Waals surface area contributed by atoms with Gasteiger partial charge >= 0.3 is 0 Å². The monoisotopic (exact) mass is 359 g/mol. The Morgan fingerprint density at radius 2 is 2.00 bits per heavy atom. The van der Waals surface area contributed by atoms with Gasteiger partial charge in [-0.1, -0.05) is 25.3 Å². The maximum absolute atomic E-state index is 6.13. The number of fused-ring (bicyclic) bond motifs is 1. The molecule has 1 aromatic carbocycles. The molecule has 1 atom stereocenters. The number of nitrogens with two attached hydrogens (primary N) is 1. The van der Waals surface area contributed by atoms with Crippen LogP contribution in [0.15, 0.2) is 23.2 Å². The van der Waals surface area contributed by atoms with Gasteiger partial charge in [-0.05, 0) is 43.4 Å². The first-order valence-corrected chi connectivity index (χ1v) is 9.81. The number of hydrogen-bond acceptors (Lipinski definition) is 4. The van der Waals surface area contributed by atoms with Gasteiger partial charge in [0.2, 0.25) is 6.79 Å². The highest BCUT2D eigenvalue weighted by Gasteiger charge is 2.35. The summed E-state index contributed by atoms with van der Waals surface area (Å²) in [7, 11) is 0. The number of nitrogens with zero attached hydrogens (tertiary/aromatic N) is 1. The van der Waals surface area contributed by atoms with E-state index in [0.29, 0.717) is 19.3 Å². The summed E-state index contributed by atoms with van der Waals surface area (Å²) in [5.41, 5.74) is 7.46. The molecule has 6 nitrogen and oxygen atoms in total. The molecule has 0 spiro atoms. The number of nitrogens with one attached hydrogen (secondary N) is 1. The molecular formula is C20H29N3O3. The molecule has 1 aromatic rings. The zero-order chi connectivity index (χ0) is 17.8. The molecule has 3 N–H and O–H groups in total. The van der Waals surface area contributed by atoms with Gasteiger partial charge in [0, 0.05) is 18.6 Å². The Balaban J connectivity index is 1.46. The molecule has 6 heteroatoms. The van der Waals surface area contributed by atoms with E-state index in [0.717, 1.165) is 50.3 Å². The predicted molar refractivity (Wildman–Crippen MR) is 101 cm³/mol. The third-order valence-electron chi connectivity index (χ3n) is 5.88. The Morgan fingerprint density at radius 1 is 1.15 bits per heavy atom. The van der Waals surface area contributed by atoms with Gasteiger partial charge in [-0.2, -0.15) is 0 Å². The molecule has 26 heavy (non-hydrogen) atoms. The van der Waals surface area contributed by atoms with Crippen LogP contribution in [0.2, 0.25) is 0 Å². The fourth-order valence-electron chi connectivity index (χ4n) is 4.31. The van der Waals surface area contributed by atoms with Crippen molar-refractivity contribution in [3.8, 4) is 11.5 Å². The first-order valence-electron chi connectivity index (χ1n) is 9.81. The van der Waals surface area contributed by atoms with E-state index in [9.17, 15) is 0 Å². The Bertz CT molecular complexity index is 650.